The summed E-state index contributed by atoms with van der Waals surface area (Å²) < 4.78 is 51.8. The Balaban J connectivity index is 2.05. The number of aromatic nitrogens is 2. The molecule has 19 heavy (non-hydrogen) atoms. The highest BCUT2D eigenvalue weighted by Gasteiger charge is 2.15. The predicted octanol–water partition coefficient (Wildman–Crippen LogP) is 1.21. The molecule has 0 aliphatic heterocycles. The van der Waals surface area contributed by atoms with Crippen molar-refractivity contribution in [2.24, 2.45) is 0 Å². The van der Waals surface area contributed by atoms with Crippen molar-refractivity contribution in [1.82, 2.24) is 14.7 Å². The van der Waals surface area contributed by atoms with E-state index in [1.807, 2.05) is 0 Å². The third-order valence-electron chi connectivity index (χ3n) is 2.39. The van der Waals surface area contributed by atoms with Crippen molar-refractivity contribution in [2.75, 3.05) is 6.54 Å². The van der Waals surface area contributed by atoms with Crippen LogP contribution in [0.1, 0.15) is 5.69 Å². The van der Waals surface area contributed by atoms with Crippen LogP contribution in [-0.4, -0.2) is 24.9 Å². The molecule has 0 radical (unpaired) electrons. The molecule has 1 heterocycles. The number of H-pyrrole nitrogens is 1. The van der Waals surface area contributed by atoms with Gasteiger partial charge in [-0.25, -0.2) is 26.9 Å². The van der Waals surface area contributed by atoms with Gasteiger partial charge in [-0.2, -0.15) is 0 Å². The molecule has 0 bridgehead atoms. The molecule has 0 saturated heterocycles. The molecule has 0 aliphatic carbocycles. The van der Waals surface area contributed by atoms with E-state index in [9.17, 15) is 17.2 Å². The molecule has 0 unspecified atom stereocenters. The van der Waals surface area contributed by atoms with Crippen LogP contribution in [0.3, 0.4) is 0 Å². The second kappa shape index (κ2) is 5.45. The van der Waals surface area contributed by atoms with Gasteiger partial charge < -0.3 is 4.98 Å². The molecule has 1 aromatic carbocycles. The molecule has 0 atom stereocenters. The fourth-order valence-electron chi connectivity index (χ4n) is 1.51. The van der Waals surface area contributed by atoms with Crippen LogP contribution < -0.4 is 4.72 Å². The molecular formula is C11H11F2N3O2S. The number of nitrogens with one attached hydrogen (secondary N) is 2. The standard InChI is InChI=1S/C11H11F2N3O2S/c12-8-3-9(13)5-11(4-8)19(17,18)16-2-1-10-6-14-7-15-10/h3-7,16H,1-2H2,(H,14,15). The SMILES string of the molecule is O=S(=O)(NCCc1cnc[nH]1)c1cc(F)cc(F)c1. The summed E-state index contributed by atoms with van der Waals surface area (Å²) in [6.07, 6.45) is 3.44. The van der Waals surface area contributed by atoms with Gasteiger partial charge in [0.2, 0.25) is 10.0 Å². The van der Waals surface area contributed by atoms with Crippen molar-refractivity contribution >= 4 is 10.0 Å². The summed E-state index contributed by atoms with van der Waals surface area (Å²) in [7, 11) is -3.92. The van der Waals surface area contributed by atoms with E-state index < -0.39 is 26.6 Å². The summed E-state index contributed by atoms with van der Waals surface area (Å²) >= 11 is 0. The Labute approximate surface area is 108 Å². The van der Waals surface area contributed by atoms with Crippen LogP contribution >= 0.6 is 0 Å². The number of aromatic amines is 1. The highest BCUT2D eigenvalue weighted by molar-refractivity contribution is 7.89. The third-order valence-corrected chi connectivity index (χ3v) is 3.83. The normalized spacial score (nSPS) is 11.7. The van der Waals surface area contributed by atoms with Crippen LogP contribution in [0.2, 0.25) is 0 Å². The number of nitrogens with zero attached hydrogens (tertiary/aromatic N) is 1. The molecule has 2 N–H and O–H groups in total. The second-order valence-electron chi connectivity index (χ2n) is 3.83. The Morgan fingerprint density at radius 3 is 2.47 bits per heavy atom. The topological polar surface area (TPSA) is 74.8 Å². The van der Waals surface area contributed by atoms with Gasteiger partial charge in [0, 0.05) is 30.9 Å². The molecular weight excluding hydrogens is 276 g/mol. The first-order chi connectivity index (χ1) is 8.97. The molecule has 0 fully saturated rings. The van der Waals surface area contributed by atoms with Gasteiger partial charge in [-0.1, -0.05) is 0 Å². The maximum Gasteiger partial charge on any atom is 0.240 e. The van der Waals surface area contributed by atoms with Gasteiger partial charge in [0.05, 0.1) is 11.2 Å². The van der Waals surface area contributed by atoms with Crippen molar-refractivity contribution in [3.8, 4) is 0 Å². The van der Waals surface area contributed by atoms with E-state index in [4.69, 9.17) is 0 Å². The fraction of sp³-hybridized carbons (Fsp3) is 0.182. The van der Waals surface area contributed by atoms with Crippen molar-refractivity contribution < 1.29 is 17.2 Å². The maximum atomic E-state index is 13.0. The van der Waals surface area contributed by atoms with Crippen LogP contribution in [-0.2, 0) is 16.4 Å². The minimum absolute atomic E-state index is 0.0999. The van der Waals surface area contributed by atoms with E-state index in [1.54, 1.807) is 6.20 Å². The van der Waals surface area contributed by atoms with Crippen LogP contribution in [0.5, 0.6) is 0 Å². The molecule has 5 nitrogen and oxygen atoms in total. The van der Waals surface area contributed by atoms with Crippen LogP contribution in [0.25, 0.3) is 0 Å². The Bertz CT molecular complexity index is 636. The minimum Gasteiger partial charge on any atom is -0.348 e. The Kier molecular flexibility index (Phi) is 3.91. The predicted molar refractivity (Wildman–Crippen MR) is 63.8 cm³/mol. The van der Waals surface area contributed by atoms with E-state index >= 15 is 0 Å². The first-order valence-electron chi connectivity index (χ1n) is 5.40. The third kappa shape index (κ3) is 3.58. The monoisotopic (exact) mass is 287 g/mol. The van der Waals surface area contributed by atoms with E-state index in [0.29, 0.717) is 12.5 Å². The molecule has 8 heteroatoms. The van der Waals surface area contributed by atoms with Gasteiger partial charge in [0.1, 0.15) is 11.6 Å². The number of imidazole rings is 1. The minimum atomic E-state index is -3.92. The molecule has 0 aliphatic rings. The van der Waals surface area contributed by atoms with E-state index in [1.165, 1.54) is 6.33 Å². The van der Waals surface area contributed by atoms with E-state index in [2.05, 4.69) is 14.7 Å². The lowest BCUT2D eigenvalue weighted by atomic mass is 10.3. The van der Waals surface area contributed by atoms with Gasteiger partial charge in [0.15, 0.2) is 0 Å². The number of halogens is 2. The second-order valence-corrected chi connectivity index (χ2v) is 5.60. The van der Waals surface area contributed by atoms with Gasteiger partial charge in [-0.05, 0) is 12.1 Å². The van der Waals surface area contributed by atoms with E-state index in [-0.39, 0.29) is 6.54 Å². The molecule has 1 aromatic heterocycles. The summed E-state index contributed by atoms with van der Waals surface area (Å²) in [4.78, 5) is 6.17. The van der Waals surface area contributed by atoms with Crippen molar-refractivity contribution in [2.45, 2.75) is 11.3 Å². The number of benzene rings is 1. The maximum absolute atomic E-state index is 13.0. The Morgan fingerprint density at radius 1 is 1.21 bits per heavy atom. The Morgan fingerprint density at radius 2 is 1.89 bits per heavy atom. The van der Waals surface area contributed by atoms with Gasteiger partial charge in [-0.15, -0.1) is 0 Å². The van der Waals surface area contributed by atoms with Crippen molar-refractivity contribution in [3.05, 3.63) is 48.1 Å². The fourth-order valence-corrected chi connectivity index (χ4v) is 2.58. The van der Waals surface area contributed by atoms with Crippen LogP contribution in [0, 0.1) is 11.6 Å². The zero-order chi connectivity index (χ0) is 13.9. The van der Waals surface area contributed by atoms with Crippen LogP contribution in [0.15, 0.2) is 35.6 Å². The lowest BCUT2D eigenvalue weighted by Crippen LogP contribution is -2.26. The summed E-state index contributed by atoms with van der Waals surface area (Å²) in [5.74, 6) is -1.87. The summed E-state index contributed by atoms with van der Waals surface area (Å²) in [5, 5.41) is 0. The lowest BCUT2D eigenvalue weighted by molar-refractivity contribution is 0.561. The largest absolute Gasteiger partial charge is 0.348 e. The average molecular weight is 287 g/mol. The van der Waals surface area contributed by atoms with Crippen molar-refractivity contribution in [1.29, 1.82) is 0 Å². The number of hydrogen-bond acceptors (Lipinski definition) is 3. The first kappa shape index (κ1) is 13.6. The smallest absolute Gasteiger partial charge is 0.240 e. The summed E-state index contributed by atoms with van der Waals surface area (Å²) in [6, 6.07) is 2.15. The van der Waals surface area contributed by atoms with Gasteiger partial charge >= 0.3 is 0 Å². The van der Waals surface area contributed by atoms with Gasteiger partial charge in [-0.3, -0.25) is 0 Å². The average Bonchev–Trinajstić information content (AvgIpc) is 2.80. The molecule has 0 spiro atoms. The molecule has 0 saturated carbocycles. The first-order valence-corrected chi connectivity index (χ1v) is 6.89. The quantitative estimate of drug-likeness (QED) is 0.868. The molecule has 0 amide bonds. The Hall–Kier alpha value is -1.80. The number of rotatable bonds is 5. The molecule has 102 valence electrons. The zero-order valence-electron chi connectivity index (χ0n) is 9.73. The van der Waals surface area contributed by atoms with E-state index in [0.717, 1.165) is 17.8 Å². The molecule has 2 aromatic rings. The number of sulfonamides is 1. The van der Waals surface area contributed by atoms with Crippen molar-refractivity contribution in [3.63, 3.8) is 0 Å². The lowest BCUT2D eigenvalue weighted by Gasteiger charge is -2.06. The highest BCUT2D eigenvalue weighted by atomic mass is 32.2. The van der Waals surface area contributed by atoms with Crippen LogP contribution in [0.4, 0.5) is 8.78 Å². The van der Waals surface area contributed by atoms with Gasteiger partial charge in [0.25, 0.3) is 0 Å². The summed E-state index contributed by atoms with van der Waals surface area (Å²) in [6.45, 7) is 0.0999. The molecule has 2 rings (SSSR count). The highest BCUT2D eigenvalue weighted by Crippen LogP contribution is 2.13. The summed E-state index contributed by atoms with van der Waals surface area (Å²) in [5.41, 5.74) is 0.758. The zero-order valence-corrected chi connectivity index (χ0v) is 10.5. The number of hydrogen-bond donors (Lipinski definition) is 2.